The van der Waals surface area contributed by atoms with Crippen LogP contribution in [0.1, 0.15) is 58.6 Å². The van der Waals surface area contributed by atoms with Crippen molar-refractivity contribution in [1.82, 2.24) is 10.3 Å². The monoisotopic (exact) mass is 421 g/mol. The number of hydrogen-bond donors (Lipinski definition) is 2. The minimum atomic E-state index is -3.75. The fourth-order valence-corrected chi connectivity index (χ4v) is 5.98. The van der Waals surface area contributed by atoms with Gasteiger partial charge in [-0.25, -0.2) is 13.4 Å². The topological polar surface area (TPSA) is 88.2 Å². The first kappa shape index (κ1) is 20.8. The van der Waals surface area contributed by atoms with Crippen LogP contribution in [0.25, 0.3) is 0 Å². The number of nitrogens with one attached hydrogen (secondary N) is 2. The van der Waals surface area contributed by atoms with Gasteiger partial charge < -0.3 is 5.32 Å². The average Bonchev–Trinajstić information content (AvgIpc) is 2.99. The van der Waals surface area contributed by atoms with Crippen LogP contribution < -0.4 is 10.0 Å². The molecule has 1 fully saturated rings. The summed E-state index contributed by atoms with van der Waals surface area (Å²) >= 11 is 1.07. The molecule has 1 saturated carbocycles. The summed E-state index contributed by atoms with van der Waals surface area (Å²) in [4.78, 5) is 17.5. The lowest BCUT2D eigenvalue weighted by molar-refractivity contribution is 0.0947. The third-order valence-corrected chi connectivity index (χ3v) is 7.82. The van der Waals surface area contributed by atoms with Gasteiger partial charge in [-0.1, -0.05) is 48.3 Å². The third kappa shape index (κ3) is 4.91. The maximum Gasteiger partial charge on any atom is 0.263 e. The van der Waals surface area contributed by atoms with Crippen molar-refractivity contribution < 1.29 is 13.2 Å². The zero-order valence-electron chi connectivity index (χ0n) is 16.5. The molecular weight excluding hydrogens is 394 g/mol. The lowest BCUT2D eigenvalue weighted by Gasteiger charge is -2.21. The Labute approximate surface area is 170 Å². The first-order valence-electron chi connectivity index (χ1n) is 9.62. The van der Waals surface area contributed by atoms with Crippen molar-refractivity contribution in [2.45, 2.75) is 57.8 Å². The summed E-state index contributed by atoms with van der Waals surface area (Å²) in [7, 11) is -3.75. The van der Waals surface area contributed by atoms with E-state index in [-0.39, 0.29) is 15.9 Å². The van der Waals surface area contributed by atoms with Gasteiger partial charge in [0.05, 0.1) is 10.6 Å². The molecule has 0 saturated heterocycles. The van der Waals surface area contributed by atoms with E-state index < -0.39 is 10.0 Å². The zero-order valence-corrected chi connectivity index (χ0v) is 18.2. The fourth-order valence-electron chi connectivity index (χ4n) is 3.63. The molecular formula is C20H27N3O3S2. The SMILES string of the molecule is Cc1ccc(S(=O)(=O)Nc2nc(C)c(C(=O)NCC3CCCCC3)s2)c(C)c1. The number of amides is 1. The van der Waals surface area contributed by atoms with Crippen molar-refractivity contribution in [2.75, 3.05) is 11.3 Å². The second-order valence-electron chi connectivity index (χ2n) is 7.52. The molecule has 1 amide bonds. The van der Waals surface area contributed by atoms with E-state index in [9.17, 15) is 13.2 Å². The van der Waals surface area contributed by atoms with E-state index in [1.807, 2.05) is 13.0 Å². The van der Waals surface area contributed by atoms with Crippen molar-refractivity contribution in [3.63, 3.8) is 0 Å². The summed E-state index contributed by atoms with van der Waals surface area (Å²) in [6, 6.07) is 5.18. The quantitative estimate of drug-likeness (QED) is 0.732. The summed E-state index contributed by atoms with van der Waals surface area (Å²) < 4.78 is 27.9. The molecule has 1 aliphatic carbocycles. The highest BCUT2D eigenvalue weighted by molar-refractivity contribution is 7.93. The Hall–Kier alpha value is -1.93. The predicted octanol–water partition coefficient (Wildman–Crippen LogP) is 4.18. The van der Waals surface area contributed by atoms with Crippen LogP contribution in [0.15, 0.2) is 23.1 Å². The van der Waals surface area contributed by atoms with Gasteiger partial charge in [-0.05, 0) is 51.2 Å². The number of nitrogens with zero attached hydrogens (tertiary/aromatic N) is 1. The van der Waals surface area contributed by atoms with Crippen molar-refractivity contribution in [3.05, 3.63) is 39.9 Å². The molecule has 152 valence electrons. The average molecular weight is 422 g/mol. The molecule has 6 nitrogen and oxygen atoms in total. The summed E-state index contributed by atoms with van der Waals surface area (Å²) in [6.45, 7) is 6.07. The Kier molecular flexibility index (Phi) is 6.40. The summed E-state index contributed by atoms with van der Waals surface area (Å²) in [6.07, 6.45) is 6.04. The number of thiazole rings is 1. The zero-order chi connectivity index (χ0) is 20.3. The summed E-state index contributed by atoms with van der Waals surface area (Å²) in [5.41, 5.74) is 2.20. The number of sulfonamides is 1. The second kappa shape index (κ2) is 8.61. The highest BCUT2D eigenvalue weighted by Gasteiger charge is 2.22. The second-order valence-corrected chi connectivity index (χ2v) is 10.2. The third-order valence-electron chi connectivity index (χ3n) is 5.12. The van der Waals surface area contributed by atoms with E-state index in [1.165, 1.54) is 19.3 Å². The number of anilines is 1. The molecule has 1 aromatic carbocycles. The Bertz CT molecular complexity index is 961. The molecule has 1 aliphatic rings. The number of aromatic nitrogens is 1. The van der Waals surface area contributed by atoms with Gasteiger partial charge in [-0.15, -0.1) is 0 Å². The largest absolute Gasteiger partial charge is 0.351 e. The molecule has 0 radical (unpaired) electrons. The van der Waals surface area contributed by atoms with Gasteiger partial charge in [0.2, 0.25) is 0 Å². The summed E-state index contributed by atoms with van der Waals surface area (Å²) in [5, 5.41) is 3.20. The van der Waals surface area contributed by atoms with E-state index in [0.29, 0.717) is 28.6 Å². The van der Waals surface area contributed by atoms with E-state index in [4.69, 9.17) is 0 Å². The number of aryl methyl sites for hydroxylation is 3. The first-order valence-corrected chi connectivity index (χ1v) is 11.9. The molecule has 8 heteroatoms. The number of benzene rings is 1. The fraction of sp³-hybridized carbons (Fsp3) is 0.500. The maximum atomic E-state index is 12.7. The highest BCUT2D eigenvalue weighted by atomic mass is 32.2. The number of carbonyl (C=O) groups is 1. The van der Waals surface area contributed by atoms with E-state index >= 15 is 0 Å². The molecule has 1 aromatic heterocycles. The molecule has 0 spiro atoms. The minimum absolute atomic E-state index is 0.183. The van der Waals surface area contributed by atoms with Crippen LogP contribution in [-0.2, 0) is 10.0 Å². The Balaban J connectivity index is 1.69. The lowest BCUT2D eigenvalue weighted by atomic mass is 9.89. The smallest absolute Gasteiger partial charge is 0.263 e. The lowest BCUT2D eigenvalue weighted by Crippen LogP contribution is -2.30. The standard InChI is InChI=1S/C20H27N3O3S2/c1-13-9-10-17(14(2)11-13)28(25,26)23-20-22-15(3)18(27-20)19(24)21-12-16-7-5-4-6-8-16/h9-11,16H,4-8,12H2,1-3H3,(H,21,24)(H,22,23). The van der Waals surface area contributed by atoms with E-state index in [2.05, 4.69) is 15.0 Å². The van der Waals surface area contributed by atoms with Gasteiger partial charge in [0, 0.05) is 6.54 Å². The molecule has 0 atom stereocenters. The van der Waals surface area contributed by atoms with Crippen LogP contribution in [-0.4, -0.2) is 25.9 Å². The van der Waals surface area contributed by atoms with E-state index in [0.717, 1.165) is 29.7 Å². The minimum Gasteiger partial charge on any atom is -0.351 e. The van der Waals surface area contributed by atoms with Gasteiger partial charge >= 0.3 is 0 Å². The molecule has 0 unspecified atom stereocenters. The summed E-state index contributed by atoms with van der Waals surface area (Å²) in [5.74, 6) is 0.353. The number of carbonyl (C=O) groups excluding carboxylic acids is 1. The van der Waals surface area contributed by atoms with Crippen molar-refractivity contribution in [3.8, 4) is 0 Å². The highest BCUT2D eigenvalue weighted by Crippen LogP contribution is 2.27. The number of hydrogen-bond acceptors (Lipinski definition) is 5. The molecule has 3 rings (SSSR count). The molecule has 0 bridgehead atoms. The Morgan fingerprint density at radius 2 is 1.89 bits per heavy atom. The van der Waals surface area contributed by atoms with Gasteiger partial charge in [0.15, 0.2) is 5.13 Å². The van der Waals surface area contributed by atoms with Gasteiger partial charge in [-0.2, -0.15) is 0 Å². The van der Waals surface area contributed by atoms with Crippen LogP contribution in [0.5, 0.6) is 0 Å². The molecule has 2 aromatic rings. The van der Waals surface area contributed by atoms with Gasteiger partial charge in [0.1, 0.15) is 4.88 Å². The van der Waals surface area contributed by atoms with Crippen LogP contribution in [0.4, 0.5) is 5.13 Å². The first-order chi connectivity index (χ1) is 13.3. The molecule has 2 N–H and O–H groups in total. The molecule has 28 heavy (non-hydrogen) atoms. The molecule has 0 aliphatic heterocycles. The van der Waals surface area contributed by atoms with Crippen molar-refractivity contribution in [1.29, 1.82) is 0 Å². The Morgan fingerprint density at radius 1 is 1.18 bits per heavy atom. The number of rotatable bonds is 6. The Morgan fingerprint density at radius 3 is 2.57 bits per heavy atom. The van der Waals surface area contributed by atoms with Crippen molar-refractivity contribution in [2.24, 2.45) is 5.92 Å². The van der Waals surface area contributed by atoms with E-state index in [1.54, 1.807) is 26.0 Å². The van der Waals surface area contributed by atoms with Crippen LogP contribution in [0, 0.1) is 26.7 Å². The predicted molar refractivity (Wildman–Crippen MR) is 112 cm³/mol. The maximum absolute atomic E-state index is 12.7. The van der Waals surface area contributed by atoms with Gasteiger partial charge in [-0.3, -0.25) is 9.52 Å². The molecule has 1 heterocycles. The van der Waals surface area contributed by atoms with Gasteiger partial charge in [0.25, 0.3) is 15.9 Å². The van der Waals surface area contributed by atoms with Crippen LogP contribution in [0.3, 0.4) is 0 Å². The normalized spacial score (nSPS) is 15.4. The van der Waals surface area contributed by atoms with Crippen LogP contribution in [0.2, 0.25) is 0 Å². The van der Waals surface area contributed by atoms with Crippen LogP contribution >= 0.6 is 11.3 Å². The van der Waals surface area contributed by atoms with Crippen molar-refractivity contribution >= 4 is 32.4 Å².